The molecule has 0 aliphatic rings. The summed E-state index contributed by atoms with van der Waals surface area (Å²) in [7, 11) is 0. The van der Waals surface area contributed by atoms with Crippen LogP contribution in [0.15, 0.2) is 48.2 Å². The smallest absolute Gasteiger partial charge is 0.338 e. The maximum atomic E-state index is 11.9. The second-order valence-corrected chi connectivity index (χ2v) is 4.20. The van der Waals surface area contributed by atoms with Crippen LogP contribution >= 0.6 is 0 Å². The SMILES string of the molecule is C=CCOC(=O)/C(=C(\C)N)[C@H](N)c1ccc(C#N)cc1. The quantitative estimate of drug-likeness (QED) is 0.480. The molecule has 5 nitrogen and oxygen atoms in total. The number of nitriles is 1. The molecule has 0 amide bonds. The second kappa shape index (κ2) is 7.12. The van der Waals surface area contributed by atoms with Gasteiger partial charge in [-0.2, -0.15) is 5.26 Å². The Labute approximate surface area is 118 Å². The van der Waals surface area contributed by atoms with E-state index in [0.29, 0.717) is 16.8 Å². The highest BCUT2D eigenvalue weighted by atomic mass is 16.5. The van der Waals surface area contributed by atoms with E-state index in [2.05, 4.69) is 6.58 Å². The Balaban J connectivity index is 3.03. The first kappa shape index (κ1) is 15.5. The molecule has 0 aliphatic heterocycles. The Hall–Kier alpha value is -2.58. The van der Waals surface area contributed by atoms with Gasteiger partial charge in [0.05, 0.1) is 23.2 Å². The van der Waals surface area contributed by atoms with E-state index in [1.165, 1.54) is 6.08 Å². The van der Waals surface area contributed by atoms with E-state index < -0.39 is 12.0 Å². The molecule has 1 aromatic carbocycles. The van der Waals surface area contributed by atoms with E-state index in [0.717, 1.165) is 0 Å². The number of hydrogen-bond donors (Lipinski definition) is 2. The Bertz CT molecular complexity index is 564. The largest absolute Gasteiger partial charge is 0.458 e. The molecule has 0 fully saturated rings. The van der Waals surface area contributed by atoms with Crippen LogP contribution in [0.3, 0.4) is 0 Å². The minimum absolute atomic E-state index is 0.0930. The molecular formula is C15H17N3O2. The molecule has 1 aromatic rings. The van der Waals surface area contributed by atoms with Gasteiger partial charge in [-0.25, -0.2) is 4.79 Å². The Morgan fingerprint density at radius 1 is 1.50 bits per heavy atom. The van der Waals surface area contributed by atoms with Crippen LogP contribution in [-0.2, 0) is 9.53 Å². The van der Waals surface area contributed by atoms with E-state index >= 15 is 0 Å². The van der Waals surface area contributed by atoms with Crippen LogP contribution in [0.25, 0.3) is 0 Å². The average Bonchev–Trinajstić information content (AvgIpc) is 2.44. The lowest BCUT2D eigenvalue weighted by Gasteiger charge is -2.17. The van der Waals surface area contributed by atoms with Crippen LogP contribution in [0.1, 0.15) is 24.1 Å². The van der Waals surface area contributed by atoms with Gasteiger partial charge in [0.1, 0.15) is 6.61 Å². The number of carbonyl (C=O) groups is 1. The van der Waals surface area contributed by atoms with Crippen molar-refractivity contribution in [1.29, 1.82) is 5.26 Å². The van der Waals surface area contributed by atoms with Crippen molar-refractivity contribution in [2.75, 3.05) is 6.61 Å². The molecule has 0 aromatic heterocycles. The van der Waals surface area contributed by atoms with Crippen molar-refractivity contribution >= 4 is 5.97 Å². The monoisotopic (exact) mass is 271 g/mol. The first-order chi connectivity index (χ1) is 9.51. The lowest BCUT2D eigenvalue weighted by molar-refractivity contribution is -0.138. The highest BCUT2D eigenvalue weighted by molar-refractivity contribution is 5.90. The molecule has 1 rings (SSSR count). The van der Waals surface area contributed by atoms with E-state index in [4.69, 9.17) is 21.5 Å². The van der Waals surface area contributed by atoms with Gasteiger partial charge in [0.2, 0.25) is 0 Å². The van der Waals surface area contributed by atoms with Gasteiger partial charge in [-0.15, -0.1) is 0 Å². The summed E-state index contributed by atoms with van der Waals surface area (Å²) in [6.45, 7) is 5.16. The van der Waals surface area contributed by atoms with Crippen LogP contribution in [0.5, 0.6) is 0 Å². The van der Waals surface area contributed by atoms with Crippen LogP contribution < -0.4 is 11.5 Å². The number of benzene rings is 1. The van der Waals surface area contributed by atoms with Gasteiger partial charge in [0.15, 0.2) is 0 Å². The standard InChI is InChI=1S/C15H17N3O2/c1-3-8-20-15(19)13(10(2)17)14(18)12-6-4-11(9-16)5-7-12/h3-7,14H,1,8,17-18H2,2H3/b13-10+/t14-/m1/s1. The summed E-state index contributed by atoms with van der Waals surface area (Å²) in [6.07, 6.45) is 1.47. The van der Waals surface area contributed by atoms with Gasteiger partial charge in [0.25, 0.3) is 0 Å². The van der Waals surface area contributed by atoms with Gasteiger partial charge in [0, 0.05) is 5.70 Å². The fraction of sp³-hybridized carbons (Fsp3) is 0.200. The predicted molar refractivity (Wildman–Crippen MR) is 76.1 cm³/mol. The summed E-state index contributed by atoms with van der Waals surface area (Å²) in [4.78, 5) is 11.9. The van der Waals surface area contributed by atoms with Crippen LogP contribution in [0.4, 0.5) is 0 Å². The molecule has 5 heteroatoms. The molecule has 20 heavy (non-hydrogen) atoms. The summed E-state index contributed by atoms with van der Waals surface area (Å²) < 4.78 is 4.97. The minimum atomic E-state index is -0.704. The van der Waals surface area contributed by atoms with Crippen molar-refractivity contribution in [3.8, 4) is 6.07 Å². The van der Waals surface area contributed by atoms with Gasteiger partial charge in [-0.05, 0) is 24.6 Å². The van der Waals surface area contributed by atoms with E-state index in [1.54, 1.807) is 31.2 Å². The lowest BCUT2D eigenvalue weighted by atomic mass is 9.97. The number of ether oxygens (including phenoxy) is 1. The predicted octanol–water partition coefficient (Wildman–Crippen LogP) is 1.52. The summed E-state index contributed by atoms with van der Waals surface area (Å²) in [5.41, 5.74) is 13.5. The van der Waals surface area contributed by atoms with Crippen molar-refractivity contribution in [1.82, 2.24) is 0 Å². The summed E-state index contributed by atoms with van der Waals surface area (Å²) >= 11 is 0. The molecule has 0 heterocycles. The molecule has 0 unspecified atom stereocenters. The summed E-state index contributed by atoms with van der Waals surface area (Å²) in [5.74, 6) is -0.568. The number of carbonyl (C=O) groups excluding carboxylic acids is 1. The van der Waals surface area contributed by atoms with Crippen LogP contribution in [0.2, 0.25) is 0 Å². The van der Waals surface area contributed by atoms with Crippen molar-refractivity contribution in [2.45, 2.75) is 13.0 Å². The number of esters is 1. The number of allylic oxidation sites excluding steroid dienone is 1. The number of nitrogens with two attached hydrogens (primary N) is 2. The normalized spacial score (nSPS) is 12.8. The fourth-order valence-corrected chi connectivity index (χ4v) is 1.68. The first-order valence-electron chi connectivity index (χ1n) is 6.01. The molecule has 0 bridgehead atoms. The molecule has 104 valence electrons. The topological polar surface area (TPSA) is 102 Å². The highest BCUT2D eigenvalue weighted by Crippen LogP contribution is 2.22. The third-order valence-corrected chi connectivity index (χ3v) is 2.69. The lowest BCUT2D eigenvalue weighted by Crippen LogP contribution is -2.24. The first-order valence-corrected chi connectivity index (χ1v) is 6.01. The molecule has 4 N–H and O–H groups in total. The number of rotatable bonds is 5. The fourth-order valence-electron chi connectivity index (χ4n) is 1.68. The summed E-state index contributed by atoms with van der Waals surface area (Å²) in [6, 6.07) is 7.95. The number of hydrogen-bond acceptors (Lipinski definition) is 5. The molecule has 0 saturated heterocycles. The average molecular weight is 271 g/mol. The molecule has 0 saturated carbocycles. The van der Waals surface area contributed by atoms with Gasteiger partial charge in [-0.1, -0.05) is 24.8 Å². The van der Waals surface area contributed by atoms with E-state index in [1.807, 2.05) is 6.07 Å². The van der Waals surface area contributed by atoms with Crippen LogP contribution in [-0.4, -0.2) is 12.6 Å². The van der Waals surface area contributed by atoms with Crippen LogP contribution in [0, 0.1) is 11.3 Å². The van der Waals surface area contributed by atoms with E-state index in [9.17, 15) is 4.79 Å². The Morgan fingerprint density at radius 3 is 2.55 bits per heavy atom. The zero-order valence-electron chi connectivity index (χ0n) is 11.3. The second-order valence-electron chi connectivity index (χ2n) is 4.20. The van der Waals surface area contributed by atoms with E-state index in [-0.39, 0.29) is 12.2 Å². The van der Waals surface area contributed by atoms with Crippen molar-refractivity contribution in [3.05, 3.63) is 59.3 Å². The van der Waals surface area contributed by atoms with Gasteiger partial charge < -0.3 is 16.2 Å². The van der Waals surface area contributed by atoms with Gasteiger partial charge in [-0.3, -0.25) is 0 Å². The number of nitrogens with zero attached hydrogens (tertiary/aromatic N) is 1. The van der Waals surface area contributed by atoms with Crippen molar-refractivity contribution in [2.24, 2.45) is 11.5 Å². The zero-order valence-corrected chi connectivity index (χ0v) is 11.3. The Kier molecular flexibility index (Phi) is 5.51. The maximum Gasteiger partial charge on any atom is 0.338 e. The molecular weight excluding hydrogens is 254 g/mol. The molecule has 0 aliphatic carbocycles. The van der Waals surface area contributed by atoms with Crippen molar-refractivity contribution in [3.63, 3.8) is 0 Å². The molecule has 1 atom stereocenters. The highest BCUT2D eigenvalue weighted by Gasteiger charge is 2.22. The van der Waals surface area contributed by atoms with Crippen molar-refractivity contribution < 1.29 is 9.53 Å². The molecule has 0 radical (unpaired) electrons. The minimum Gasteiger partial charge on any atom is -0.458 e. The van der Waals surface area contributed by atoms with Gasteiger partial charge >= 0.3 is 5.97 Å². The third-order valence-electron chi connectivity index (χ3n) is 2.69. The molecule has 0 spiro atoms. The zero-order chi connectivity index (χ0) is 15.1. The Morgan fingerprint density at radius 2 is 2.10 bits per heavy atom. The third kappa shape index (κ3) is 3.70. The summed E-state index contributed by atoms with van der Waals surface area (Å²) in [5, 5.41) is 8.76. The maximum absolute atomic E-state index is 11.9.